The van der Waals surface area contributed by atoms with Gasteiger partial charge < -0.3 is 5.32 Å². The molecule has 3 aromatic rings. The molecule has 7 nitrogen and oxygen atoms in total. The number of rotatable bonds is 8. The molecular weight excluding hydrogens is 412 g/mol. The van der Waals surface area contributed by atoms with E-state index < -0.39 is 10.0 Å². The van der Waals surface area contributed by atoms with Crippen molar-refractivity contribution in [2.45, 2.75) is 39.0 Å². The van der Waals surface area contributed by atoms with E-state index in [1.54, 1.807) is 29.9 Å². The van der Waals surface area contributed by atoms with Gasteiger partial charge in [-0.3, -0.25) is 4.79 Å². The highest BCUT2D eigenvalue weighted by Gasteiger charge is 2.19. The first-order valence-corrected chi connectivity index (χ1v) is 11.7. The van der Waals surface area contributed by atoms with Crippen LogP contribution in [0.5, 0.6) is 0 Å². The Balaban J connectivity index is 1.64. The largest absolute Gasteiger partial charge is 0.351 e. The smallest absolute Gasteiger partial charge is 0.254 e. The van der Waals surface area contributed by atoms with E-state index in [1.807, 2.05) is 51.1 Å². The van der Waals surface area contributed by atoms with Gasteiger partial charge in [-0.05, 0) is 56.5 Å². The van der Waals surface area contributed by atoms with Gasteiger partial charge in [0.05, 0.1) is 28.0 Å². The second kappa shape index (κ2) is 9.45. The number of amides is 1. The molecule has 0 fully saturated rings. The molecule has 0 spiro atoms. The summed E-state index contributed by atoms with van der Waals surface area (Å²) >= 11 is 0. The van der Waals surface area contributed by atoms with Crippen LogP contribution in [0.25, 0.3) is 5.69 Å². The highest BCUT2D eigenvalue weighted by atomic mass is 32.2. The molecule has 2 N–H and O–H groups in total. The highest BCUT2D eigenvalue weighted by molar-refractivity contribution is 7.89. The Hall–Kier alpha value is -2.97. The minimum atomic E-state index is -3.64. The monoisotopic (exact) mass is 440 g/mol. The Labute approximate surface area is 183 Å². The summed E-state index contributed by atoms with van der Waals surface area (Å²) in [7, 11) is -3.64. The summed E-state index contributed by atoms with van der Waals surface area (Å²) in [6.07, 6.45) is 2.18. The third-order valence-corrected chi connectivity index (χ3v) is 6.67. The van der Waals surface area contributed by atoms with Gasteiger partial charge in [-0.2, -0.15) is 5.10 Å². The van der Waals surface area contributed by atoms with Crippen molar-refractivity contribution < 1.29 is 13.2 Å². The average molecular weight is 441 g/mol. The first-order valence-electron chi connectivity index (χ1n) is 10.2. The lowest BCUT2D eigenvalue weighted by Gasteiger charge is -2.11. The fourth-order valence-electron chi connectivity index (χ4n) is 3.34. The number of aromatic nitrogens is 2. The van der Waals surface area contributed by atoms with Crippen LogP contribution >= 0.6 is 0 Å². The molecule has 8 heteroatoms. The molecule has 3 rings (SSSR count). The van der Waals surface area contributed by atoms with Gasteiger partial charge in [0.25, 0.3) is 5.91 Å². The molecule has 0 aliphatic rings. The minimum Gasteiger partial charge on any atom is -0.351 e. The van der Waals surface area contributed by atoms with Crippen LogP contribution in [0.1, 0.15) is 39.7 Å². The van der Waals surface area contributed by atoms with Crippen molar-refractivity contribution in [3.05, 3.63) is 76.6 Å². The van der Waals surface area contributed by atoms with Crippen molar-refractivity contribution in [3.63, 3.8) is 0 Å². The van der Waals surface area contributed by atoms with Gasteiger partial charge in [-0.1, -0.05) is 36.8 Å². The van der Waals surface area contributed by atoms with E-state index in [0.717, 1.165) is 22.5 Å². The van der Waals surface area contributed by atoms with E-state index in [4.69, 9.17) is 0 Å². The SMILES string of the molecule is CCc1c(C(=O)NCCNS(=O)(=O)c2cc(C)ccc2C)cnn1-c1ccc(C)cc1. The van der Waals surface area contributed by atoms with Crippen molar-refractivity contribution in [1.29, 1.82) is 0 Å². The number of benzene rings is 2. The van der Waals surface area contributed by atoms with Crippen LogP contribution in [0.3, 0.4) is 0 Å². The molecule has 2 aromatic carbocycles. The molecule has 0 saturated carbocycles. The molecule has 0 aliphatic heterocycles. The van der Waals surface area contributed by atoms with Gasteiger partial charge in [0, 0.05) is 13.1 Å². The van der Waals surface area contributed by atoms with Crippen LogP contribution in [-0.2, 0) is 16.4 Å². The Morgan fingerprint density at radius 1 is 1.00 bits per heavy atom. The lowest BCUT2D eigenvalue weighted by atomic mass is 10.1. The number of hydrogen-bond acceptors (Lipinski definition) is 4. The molecule has 1 heterocycles. The van der Waals surface area contributed by atoms with Crippen LogP contribution in [0.2, 0.25) is 0 Å². The zero-order valence-corrected chi connectivity index (χ0v) is 19.1. The third kappa shape index (κ3) is 5.21. The zero-order valence-electron chi connectivity index (χ0n) is 18.3. The first-order chi connectivity index (χ1) is 14.7. The van der Waals surface area contributed by atoms with E-state index in [1.165, 1.54) is 0 Å². The number of sulfonamides is 1. The van der Waals surface area contributed by atoms with Crippen molar-refractivity contribution in [2.75, 3.05) is 13.1 Å². The molecule has 0 radical (unpaired) electrons. The fraction of sp³-hybridized carbons (Fsp3) is 0.304. The zero-order chi connectivity index (χ0) is 22.6. The first kappa shape index (κ1) is 22.7. The fourth-order valence-corrected chi connectivity index (χ4v) is 4.70. The topological polar surface area (TPSA) is 93.1 Å². The number of nitrogens with zero attached hydrogens (tertiary/aromatic N) is 2. The summed E-state index contributed by atoms with van der Waals surface area (Å²) in [5, 5.41) is 7.16. The standard InChI is InChI=1S/C23H28N4O3S/c1-5-21-20(15-25-27(21)19-10-7-16(2)8-11-19)23(28)24-12-13-26-31(29,30)22-14-17(3)6-9-18(22)4/h6-11,14-15,26H,5,12-13H2,1-4H3,(H,24,28). The summed E-state index contributed by atoms with van der Waals surface area (Å²) < 4.78 is 29.4. The van der Waals surface area contributed by atoms with E-state index in [9.17, 15) is 13.2 Å². The van der Waals surface area contributed by atoms with E-state index in [2.05, 4.69) is 15.1 Å². The molecule has 0 aliphatic carbocycles. The summed E-state index contributed by atoms with van der Waals surface area (Å²) in [5.41, 5.74) is 4.88. The quantitative estimate of drug-likeness (QED) is 0.527. The van der Waals surface area contributed by atoms with Crippen LogP contribution in [-0.4, -0.2) is 37.2 Å². The van der Waals surface area contributed by atoms with E-state index >= 15 is 0 Å². The Kier molecular flexibility index (Phi) is 6.92. The van der Waals surface area contributed by atoms with Crippen molar-refractivity contribution in [3.8, 4) is 5.69 Å². The van der Waals surface area contributed by atoms with E-state index in [-0.39, 0.29) is 23.9 Å². The van der Waals surface area contributed by atoms with Crippen molar-refractivity contribution >= 4 is 15.9 Å². The summed E-state index contributed by atoms with van der Waals surface area (Å²) in [6, 6.07) is 13.2. The van der Waals surface area contributed by atoms with Crippen LogP contribution < -0.4 is 10.0 Å². The lowest BCUT2D eigenvalue weighted by molar-refractivity contribution is 0.0953. The molecule has 0 atom stereocenters. The number of carbonyl (C=O) groups excluding carboxylic acids is 1. The summed E-state index contributed by atoms with van der Waals surface area (Å²) in [5.74, 6) is -0.277. The van der Waals surface area contributed by atoms with Gasteiger partial charge >= 0.3 is 0 Å². The maximum Gasteiger partial charge on any atom is 0.254 e. The molecule has 0 bridgehead atoms. The van der Waals surface area contributed by atoms with Gasteiger partial charge in [0.2, 0.25) is 10.0 Å². The lowest BCUT2D eigenvalue weighted by Crippen LogP contribution is -2.35. The van der Waals surface area contributed by atoms with Gasteiger partial charge in [0.15, 0.2) is 0 Å². The number of hydrogen-bond donors (Lipinski definition) is 2. The average Bonchev–Trinajstić information content (AvgIpc) is 3.17. The molecule has 0 unspecified atom stereocenters. The normalized spacial score (nSPS) is 11.5. The predicted molar refractivity (Wildman–Crippen MR) is 121 cm³/mol. The number of carbonyl (C=O) groups is 1. The number of aryl methyl sites for hydroxylation is 3. The van der Waals surface area contributed by atoms with Gasteiger partial charge in [-0.15, -0.1) is 0 Å². The summed E-state index contributed by atoms with van der Waals surface area (Å²) in [6.45, 7) is 7.85. The van der Waals surface area contributed by atoms with Gasteiger partial charge in [0.1, 0.15) is 0 Å². The second-order valence-electron chi connectivity index (χ2n) is 7.53. The molecular formula is C23H28N4O3S. The van der Waals surface area contributed by atoms with Crippen molar-refractivity contribution in [1.82, 2.24) is 19.8 Å². The molecule has 1 aromatic heterocycles. The van der Waals surface area contributed by atoms with Crippen LogP contribution in [0.15, 0.2) is 53.6 Å². The Morgan fingerprint density at radius 3 is 2.35 bits per heavy atom. The molecule has 1 amide bonds. The Bertz CT molecular complexity index is 1180. The maximum absolute atomic E-state index is 12.7. The molecule has 31 heavy (non-hydrogen) atoms. The second-order valence-corrected chi connectivity index (χ2v) is 9.26. The molecule has 164 valence electrons. The molecule has 0 saturated heterocycles. The highest BCUT2D eigenvalue weighted by Crippen LogP contribution is 2.17. The van der Waals surface area contributed by atoms with Crippen molar-refractivity contribution in [2.24, 2.45) is 0 Å². The Morgan fingerprint density at radius 2 is 1.68 bits per heavy atom. The van der Waals surface area contributed by atoms with E-state index in [0.29, 0.717) is 17.5 Å². The van der Waals surface area contributed by atoms with Crippen LogP contribution in [0.4, 0.5) is 0 Å². The minimum absolute atomic E-state index is 0.0923. The van der Waals surface area contributed by atoms with Gasteiger partial charge in [-0.25, -0.2) is 17.8 Å². The predicted octanol–water partition coefficient (Wildman–Crippen LogP) is 3.07. The maximum atomic E-state index is 12.7. The summed E-state index contributed by atoms with van der Waals surface area (Å²) in [4.78, 5) is 12.9. The third-order valence-electron chi connectivity index (χ3n) is 5.06. The number of nitrogens with one attached hydrogen (secondary N) is 2. The van der Waals surface area contributed by atoms with Crippen LogP contribution in [0, 0.1) is 20.8 Å².